The van der Waals surface area contributed by atoms with Crippen molar-refractivity contribution in [1.29, 1.82) is 0 Å². The van der Waals surface area contributed by atoms with E-state index in [1.165, 1.54) is 12.3 Å². The number of hydrogen-bond acceptors (Lipinski definition) is 10. The molecule has 34 heavy (non-hydrogen) atoms. The summed E-state index contributed by atoms with van der Waals surface area (Å²) in [6.07, 6.45) is 2.32. The molecule has 178 valence electrons. The van der Waals surface area contributed by atoms with Gasteiger partial charge in [-0.3, -0.25) is 14.5 Å². The number of carbonyl (C=O) groups is 3. The number of carboxylic acid groups (broad SMARTS) is 1. The van der Waals surface area contributed by atoms with Gasteiger partial charge >= 0.3 is 11.9 Å². The summed E-state index contributed by atoms with van der Waals surface area (Å²) in [4.78, 5) is 46.6. The second kappa shape index (κ2) is 7.47. The van der Waals surface area contributed by atoms with E-state index in [1.807, 2.05) is 0 Å². The minimum atomic E-state index is -1.43. The average Bonchev–Trinajstić information content (AvgIpc) is 3.53. The molecule has 2 fully saturated rings. The second-order valence-corrected chi connectivity index (χ2v) is 10.7. The molecular formula is C20H18BrN5O7S. The summed E-state index contributed by atoms with van der Waals surface area (Å²) < 4.78 is 17.4. The third-order valence-corrected chi connectivity index (χ3v) is 9.10. The van der Waals surface area contributed by atoms with E-state index in [0.717, 1.165) is 27.9 Å². The fourth-order valence-corrected chi connectivity index (χ4v) is 7.12. The molecule has 12 nitrogen and oxygen atoms in total. The number of β-lactam (4-membered cyclic amide) rings is 1. The molecule has 0 saturated carbocycles. The molecule has 1 N–H and O–H groups in total. The molecule has 1 aliphatic carbocycles. The standard InChI is InChI=1S/C20H18BrN5O7S/c1-9(27)33-13(20(21)16(30)25-12(15(28)29)8-34-17(20)25)14-23-18-22-7-10-6-19(31-4-5-32-19)3-2-11(10)26(18)24-14/h7-8,13,17H,2-6H2,1H3,(H,28,29)/t13?,17-,20?/m1/s1. The lowest BCUT2D eigenvalue weighted by Gasteiger charge is -2.50. The SMILES string of the molecule is CC(=O)OC(c1nc2ncc3c(n2n1)CCC1(C3)OCCO1)C1(Br)C(=O)N2C(C(=O)O)=CS[C@@H]21. The van der Waals surface area contributed by atoms with Crippen molar-refractivity contribution in [3.8, 4) is 0 Å². The Balaban J connectivity index is 1.38. The monoisotopic (exact) mass is 551 g/mol. The number of amides is 1. The molecule has 6 rings (SSSR count). The molecular weight excluding hydrogens is 534 g/mol. The summed E-state index contributed by atoms with van der Waals surface area (Å²) >= 11 is 4.61. The van der Waals surface area contributed by atoms with Gasteiger partial charge in [-0.05, 0) is 12.0 Å². The van der Waals surface area contributed by atoms with Crippen LogP contribution in [0.1, 0.15) is 36.5 Å². The highest BCUT2D eigenvalue weighted by atomic mass is 79.9. The molecule has 2 aromatic rings. The van der Waals surface area contributed by atoms with Crippen LogP contribution in [-0.2, 0) is 41.4 Å². The van der Waals surface area contributed by atoms with Crippen LogP contribution >= 0.6 is 27.7 Å². The Morgan fingerprint density at radius 2 is 2.15 bits per heavy atom. The van der Waals surface area contributed by atoms with E-state index in [4.69, 9.17) is 14.2 Å². The lowest BCUT2D eigenvalue weighted by molar-refractivity contribution is -0.164. The Labute approximate surface area is 204 Å². The number of halogens is 1. The van der Waals surface area contributed by atoms with E-state index in [1.54, 1.807) is 10.7 Å². The fourth-order valence-electron chi connectivity index (χ4n) is 4.87. The van der Waals surface area contributed by atoms with Crippen molar-refractivity contribution < 1.29 is 33.7 Å². The maximum absolute atomic E-state index is 13.1. The number of fused-ring (bicyclic) bond motifs is 4. The van der Waals surface area contributed by atoms with Gasteiger partial charge in [0, 0.05) is 31.4 Å². The van der Waals surface area contributed by atoms with Gasteiger partial charge in [-0.1, -0.05) is 15.9 Å². The van der Waals surface area contributed by atoms with E-state index in [9.17, 15) is 19.5 Å². The van der Waals surface area contributed by atoms with E-state index in [0.29, 0.717) is 38.3 Å². The lowest BCUT2D eigenvalue weighted by atomic mass is 9.90. The first-order chi connectivity index (χ1) is 16.2. The number of rotatable bonds is 4. The highest BCUT2D eigenvalue weighted by Crippen LogP contribution is 2.57. The van der Waals surface area contributed by atoms with Gasteiger partial charge in [0.05, 0.1) is 18.9 Å². The van der Waals surface area contributed by atoms with Crippen LogP contribution in [0.4, 0.5) is 0 Å². The van der Waals surface area contributed by atoms with E-state index < -0.39 is 39.4 Å². The van der Waals surface area contributed by atoms with Crippen LogP contribution in [0.2, 0.25) is 0 Å². The van der Waals surface area contributed by atoms with Gasteiger partial charge in [0.1, 0.15) is 11.1 Å². The molecule has 2 unspecified atom stereocenters. The summed E-state index contributed by atoms with van der Waals surface area (Å²) in [6, 6.07) is 0. The largest absolute Gasteiger partial charge is 0.477 e. The fraction of sp³-hybridized carbons (Fsp3) is 0.500. The van der Waals surface area contributed by atoms with Crippen LogP contribution < -0.4 is 0 Å². The molecule has 3 atom stereocenters. The van der Waals surface area contributed by atoms with Gasteiger partial charge in [0.15, 0.2) is 22.0 Å². The van der Waals surface area contributed by atoms with Crippen molar-refractivity contribution in [2.75, 3.05) is 13.2 Å². The van der Waals surface area contributed by atoms with Crippen LogP contribution in [0.15, 0.2) is 17.3 Å². The van der Waals surface area contributed by atoms with Crippen LogP contribution in [0.25, 0.3) is 5.78 Å². The number of aliphatic carboxylic acids is 1. The number of aryl methyl sites for hydroxylation is 1. The molecule has 0 aromatic carbocycles. The molecule has 2 saturated heterocycles. The molecule has 1 spiro atoms. The predicted molar refractivity (Wildman–Crippen MR) is 118 cm³/mol. The number of carboxylic acids is 1. The third kappa shape index (κ3) is 2.98. The van der Waals surface area contributed by atoms with Gasteiger partial charge in [-0.25, -0.2) is 14.3 Å². The topological polar surface area (TPSA) is 145 Å². The zero-order valence-electron chi connectivity index (χ0n) is 17.8. The Morgan fingerprint density at radius 1 is 1.38 bits per heavy atom. The Bertz CT molecular complexity index is 1290. The van der Waals surface area contributed by atoms with Gasteiger partial charge < -0.3 is 19.3 Å². The highest BCUT2D eigenvalue weighted by Gasteiger charge is 2.69. The number of hydrogen-bond donors (Lipinski definition) is 1. The summed E-state index contributed by atoms with van der Waals surface area (Å²) in [5.74, 6) is -2.62. The number of nitrogens with zero attached hydrogens (tertiary/aromatic N) is 5. The predicted octanol–water partition coefficient (Wildman–Crippen LogP) is 0.935. The van der Waals surface area contributed by atoms with Crippen molar-refractivity contribution in [2.45, 2.75) is 47.8 Å². The minimum Gasteiger partial charge on any atom is -0.477 e. The van der Waals surface area contributed by atoms with E-state index in [2.05, 4.69) is 31.0 Å². The van der Waals surface area contributed by atoms with E-state index in [-0.39, 0.29) is 11.5 Å². The Hall–Kier alpha value is -2.55. The molecule has 3 aliphatic heterocycles. The quantitative estimate of drug-likeness (QED) is 0.329. The number of alkyl halides is 1. The molecule has 5 heterocycles. The number of carbonyl (C=O) groups excluding carboxylic acids is 2. The van der Waals surface area contributed by atoms with E-state index >= 15 is 0 Å². The van der Waals surface area contributed by atoms with Crippen molar-refractivity contribution in [3.05, 3.63) is 34.4 Å². The van der Waals surface area contributed by atoms with Crippen LogP contribution in [0, 0.1) is 0 Å². The summed E-state index contributed by atoms with van der Waals surface area (Å²) in [5.41, 5.74) is 1.69. The van der Waals surface area contributed by atoms with Gasteiger partial charge in [-0.2, -0.15) is 4.98 Å². The third-order valence-electron chi connectivity index (χ3n) is 6.41. The molecule has 1 amide bonds. The molecule has 14 heteroatoms. The Morgan fingerprint density at radius 3 is 2.85 bits per heavy atom. The van der Waals surface area contributed by atoms with Gasteiger partial charge in [0.25, 0.3) is 11.7 Å². The van der Waals surface area contributed by atoms with Crippen LogP contribution in [0.5, 0.6) is 0 Å². The summed E-state index contributed by atoms with van der Waals surface area (Å²) in [5, 5.41) is 14.7. The smallest absolute Gasteiger partial charge is 0.353 e. The number of thioether (sulfide) groups is 1. The zero-order valence-corrected chi connectivity index (χ0v) is 20.2. The minimum absolute atomic E-state index is 0.0963. The first kappa shape index (κ1) is 21.9. The normalized spacial score (nSPS) is 27.8. The first-order valence-corrected chi connectivity index (χ1v) is 12.3. The maximum atomic E-state index is 13.1. The second-order valence-electron chi connectivity index (χ2n) is 8.43. The maximum Gasteiger partial charge on any atom is 0.353 e. The molecule has 4 aliphatic rings. The van der Waals surface area contributed by atoms with Crippen molar-refractivity contribution in [1.82, 2.24) is 24.5 Å². The first-order valence-electron chi connectivity index (χ1n) is 10.5. The molecule has 2 aromatic heterocycles. The lowest BCUT2D eigenvalue weighted by Crippen LogP contribution is -2.70. The number of esters is 1. The van der Waals surface area contributed by atoms with Crippen molar-refractivity contribution in [2.24, 2.45) is 0 Å². The Kier molecular flexibility index (Phi) is 4.82. The molecule has 0 bridgehead atoms. The number of ether oxygens (including phenoxy) is 3. The van der Waals surface area contributed by atoms with Crippen molar-refractivity contribution >= 4 is 51.3 Å². The zero-order chi connectivity index (χ0) is 23.8. The summed E-state index contributed by atoms with van der Waals surface area (Å²) in [6.45, 7) is 2.33. The average molecular weight is 552 g/mol. The van der Waals surface area contributed by atoms with Gasteiger partial charge in [0.2, 0.25) is 0 Å². The van der Waals surface area contributed by atoms with Gasteiger partial charge in [-0.15, -0.1) is 16.9 Å². The van der Waals surface area contributed by atoms with Crippen molar-refractivity contribution in [3.63, 3.8) is 0 Å². The highest BCUT2D eigenvalue weighted by molar-refractivity contribution is 9.10. The molecule has 0 radical (unpaired) electrons. The van der Waals surface area contributed by atoms with Crippen LogP contribution in [-0.4, -0.2) is 76.1 Å². The number of aromatic nitrogens is 4. The van der Waals surface area contributed by atoms with Crippen LogP contribution in [0.3, 0.4) is 0 Å². The summed E-state index contributed by atoms with van der Waals surface area (Å²) in [7, 11) is 0.